The molecule has 3 heteroatoms. The fourth-order valence-electron chi connectivity index (χ4n) is 2.18. The summed E-state index contributed by atoms with van der Waals surface area (Å²) >= 11 is 0. The van der Waals surface area contributed by atoms with Crippen LogP contribution in [0.3, 0.4) is 0 Å². The maximum Gasteiger partial charge on any atom is 0.137 e. The molecule has 0 bridgehead atoms. The molecule has 0 fully saturated rings. The van der Waals surface area contributed by atoms with Gasteiger partial charge < -0.3 is 10.1 Å². The summed E-state index contributed by atoms with van der Waals surface area (Å²) < 4.78 is 2.05. The van der Waals surface area contributed by atoms with E-state index < -0.39 is 0 Å². The van der Waals surface area contributed by atoms with E-state index in [1.165, 1.54) is 5.56 Å². The normalized spacial score (nSPS) is 11.0. The highest BCUT2D eigenvalue weighted by Crippen LogP contribution is 2.24. The van der Waals surface area contributed by atoms with E-state index in [4.69, 9.17) is 5.73 Å². The SMILES string of the molecule is Cc1ccc(-c2nc3ccccn3c2CN)cc1. The number of hydrogen-bond donors (Lipinski definition) is 1. The standard InChI is InChI=1S/C15H15N3/c1-11-5-7-12(8-6-11)15-13(10-16)18-9-3-2-4-14(18)17-15/h2-9H,10,16H2,1H3. The maximum atomic E-state index is 5.87. The van der Waals surface area contributed by atoms with Crippen molar-refractivity contribution in [3.63, 3.8) is 0 Å². The first-order chi connectivity index (χ1) is 8.79. The molecule has 0 aliphatic carbocycles. The fraction of sp³-hybridized carbons (Fsp3) is 0.133. The topological polar surface area (TPSA) is 43.3 Å². The lowest BCUT2D eigenvalue weighted by molar-refractivity contribution is 0.962. The number of fused-ring (bicyclic) bond motifs is 1. The van der Waals surface area contributed by atoms with Crippen LogP contribution in [0, 0.1) is 6.92 Å². The summed E-state index contributed by atoms with van der Waals surface area (Å²) in [7, 11) is 0. The maximum absolute atomic E-state index is 5.87. The minimum Gasteiger partial charge on any atom is -0.325 e. The first-order valence-electron chi connectivity index (χ1n) is 6.02. The Hall–Kier alpha value is -2.13. The van der Waals surface area contributed by atoms with Gasteiger partial charge in [0, 0.05) is 18.3 Å². The monoisotopic (exact) mass is 237 g/mol. The molecule has 2 heterocycles. The molecular formula is C15H15N3. The van der Waals surface area contributed by atoms with Gasteiger partial charge in [-0.3, -0.25) is 0 Å². The van der Waals surface area contributed by atoms with Crippen molar-refractivity contribution in [1.29, 1.82) is 0 Å². The van der Waals surface area contributed by atoms with Gasteiger partial charge >= 0.3 is 0 Å². The summed E-state index contributed by atoms with van der Waals surface area (Å²) in [5, 5.41) is 0. The van der Waals surface area contributed by atoms with Crippen LogP contribution in [-0.4, -0.2) is 9.38 Å². The summed E-state index contributed by atoms with van der Waals surface area (Å²) in [5.74, 6) is 0. The Bertz CT molecular complexity index is 681. The van der Waals surface area contributed by atoms with Crippen LogP contribution in [0.5, 0.6) is 0 Å². The van der Waals surface area contributed by atoms with Gasteiger partial charge in [0.25, 0.3) is 0 Å². The molecule has 3 aromatic rings. The number of hydrogen-bond acceptors (Lipinski definition) is 2. The minimum atomic E-state index is 0.481. The molecule has 0 saturated carbocycles. The minimum absolute atomic E-state index is 0.481. The third-order valence-corrected chi connectivity index (χ3v) is 3.15. The Balaban J connectivity index is 2.25. The number of benzene rings is 1. The van der Waals surface area contributed by atoms with E-state index in [0.29, 0.717) is 6.54 Å². The molecule has 0 atom stereocenters. The van der Waals surface area contributed by atoms with E-state index in [0.717, 1.165) is 22.6 Å². The first kappa shape index (κ1) is 11.0. The zero-order valence-corrected chi connectivity index (χ0v) is 10.3. The molecule has 0 aliphatic heterocycles. The van der Waals surface area contributed by atoms with E-state index in [1.54, 1.807) is 0 Å². The first-order valence-corrected chi connectivity index (χ1v) is 6.02. The summed E-state index contributed by atoms with van der Waals surface area (Å²) in [4.78, 5) is 4.67. The Labute approximate surface area is 106 Å². The lowest BCUT2D eigenvalue weighted by atomic mass is 10.1. The van der Waals surface area contributed by atoms with Crippen molar-refractivity contribution in [1.82, 2.24) is 9.38 Å². The lowest BCUT2D eigenvalue weighted by Crippen LogP contribution is -2.02. The van der Waals surface area contributed by atoms with Crippen LogP contribution in [0.15, 0.2) is 48.7 Å². The Morgan fingerprint density at radius 2 is 1.89 bits per heavy atom. The second-order valence-electron chi connectivity index (χ2n) is 4.41. The van der Waals surface area contributed by atoms with Crippen LogP contribution in [0.4, 0.5) is 0 Å². The van der Waals surface area contributed by atoms with Gasteiger partial charge in [-0.05, 0) is 19.1 Å². The molecule has 0 radical (unpaired) electrons. The van der Waals surface area contributed by atoms with Gasteiger partial charge in [0.1, 0.15) is 5.65 Å². The van der Waals surface area contributed by atoms with Crippen LogP contribution in [0.2, 0.25) is 0 Å². The number of imidazole rings is 1. The molecule has 0 spiro atoms. The molecule has 3 nitrogen and oxygen atoms in total. The van der Waals surface area contributed by atoms with Gasteiger partial charge in [0.15, 0.2) is 0 Å². The Kier molecular flexibility index (Phi) is 2.61. The zero-order valence-electron chi connectivity index (χ0n) is 10.3. The van der Waals surface area contributed by atoms with Crippen LogP contribution < -0.4 is 5.73 Å². The molecule has 2 N–H and O–H groups in total. The van der Waals surface area contributed by atoms with Crippen molar-refractivity contribution in [2.24, 2.45) is 5.73 Å². The Morgan fingerprint density at radius 3 is 2.61 bits per heavy atom. The number of rotatable bonds is 2. The average Bonchev–Trinajstić information content (AvgIpc) is 2.78. The van der Waals surface area contributed by atoms with Crippen molar-refractivity contribution >= 4 is 5.65 Å². The fourth-order valence-corrected chi connectivity index (χ4v) is 2.18. The highest BCUT2D eigenvalue weighted by Gasteiger charge is 2.11. The van der Waals surface area contributed by atoms with Crippen molar-refractivity contribution < 1.29 is 0 Å². The van der Waals surface area contributed by atoms with Gasteiger partial charge in [-0.1, -0.05) is 35.9 Å². The number of aromatic nitrogens is 2. The summed E-state index contributed by atoms with van der Waals surface area (Å²) in [6.07, 6.45) is 2.00. The van der Waals surface area contributed by atoms with Gasteiger partial charge in [0.2, 0.25) is 0 Å². The molecule has 18 heavy (non-hydrogen) atoms. The van der Waals surface area contributed by atoms with E-state index in [-0.39, 0.29) is 0 Å². The van der Waals surface area contributed by atoms with E-state index in [9.17, 15) is 0 Å². The molecule has 90 valence electrons. The third kappa shape index (κ3) is 1.69. The quantitative estimate of drug-likeness (QED) is 0.744. The second kappa shape index (κ2) is 4.27. The highest BCUT2D eigenvalue weighted by atomic mass is 15.0. The molecule has 0 amide bonds. The molecule has 3 rings (SSSR count). The number of aryl methyl sites for hydroxylation is 1. The molecular weight excluding hydrogens is 222 g/mol. The van der Waals surface area contributed by atoms with Crippen LogP contribution in [-0.2, 0) is 6.54 Å². The molecule has 0 saturated heterocycles. The Morgan fingerprint density at radius 1 is 1.11 bits per heavy atom. The number of nitrogens with zero attached hydrogens (tertiary/aromatic N) is 2. The summed E-state index contributed by atoms with van der Waals surface area (Å²) in [6, 6.07) is 14.4. The predicted octanol–water partition coefficient (Wildman–Crippen LogP) is 2.77. The molecule has 0 aliphatic rings. The highest BCUT2D eigenvalue weighted by molar-refractivity contribution is 5.66. The van der Waals surface area contributed by atoms with E-state index in [1.807, 2.05) is 24.4 Å². The lowest BCUT2D eigenvalue weighted by Gasteiger charge is -2.02. The van der Waals surface area contributed by atoms with Crippen molar-refractivity contribution in [2.75, 3.05) is 0 Å². The van der Waals surface area contributed by atoms with Gasteiger partial charge in [-0.2, -0.15) is 0 Å². The van der Waals surface area contributed by atoms with Crippen LogP contribution in [0.1, 0.15) is 11.3 Å². The number of nitrogens with two attached hydrogens (primary N) is 1. The van der Waals surface area contributed by atoms with Crippen LogP contribution >= 0.6 is 0 Å². The molecule has 0 unspecified atom stereocenters. The largest absolute Gasteiger partial charge is 0.325 e. The van der Waals surface area contributed by atoms with Crippen molar-refractivity contribution in [2.45, 2.75) is 13.5 Å². The van der Waals surface area contributed by atoms with Crippen molar-refractivity contribution in [3.05, 3.63) is 59.9 Å². The van der Waals surface area contributed by atoms with Crippen molar-refractivity contribution in [3.8, 4) is 11.3 Å². The smallest absolute Gasteiger partial charge is 0.137 e. The van der Waals surface area contributed by atoms with E-state index in [2.05, 4.69) is 40.6 Å². The number of pyridine rings is 1. The predicted molar refractivity (Wildman–Crippen MR) is 73.3 cm³/mol. The van der Waals surface area contributed by atoms with Crippen LogP contribution in [0.25, 0.3) is 16.9 Å². The summed E-state index contributed by atoms with van der Waals surface area (Å²) in [6.45, 7) is 2.56. The molecule has 2 aromatic heterocycles. The zero-order chi connectivity index (χ0) is 12.5. The van der Waals surface area contributed by atoms with E-state index >= 15 is 0 Å². The van der Waals surface area contributed by atoms with Gasteiger partial charge in [-0.25, -0.2) is 4.98 Å². The third-order valence-electron chi connectivity index (χ3n) is 3.15. The molecule has 1 aromatic carbocycles. The second-order valence-corrected chi connectivity index (χ2v) is 4.41. The van der Waals surface area contributed by atoms with Gasteiger partial charge in [0.05, 0.1) is 11.4 Å². The van der Waals surface area contributed by atoms with Gasteiger partial charge in [-0.15, -0.1) is 0 Å². The summed E-state index contributed by atoms with van der Waals surface area (Å²) in [5.41, 5.74) is 11.2. The average molecular weight is 237 g/mol.